The highest BCUT2D eigenvalue weighted by molar-refractivity contribution is 7.45. The van der Waals surface area contributed by atoms with Crippen LogP contribution < -0.4 is 0 Å². The lowest BCUT2D eigenvalue weighted by Gasteiger charge is -2.19. The molecule has 0 aromatic heterocycles. The van der Waals surface area contributed by atoms with Crippen LogP contribution in [0.5, 0.6) is 0 Å². The Hall–Kier alpha value is 0.267. The van der Waals surface area contributed by atoms with E-state index in [1.807, 2.05) is 0 Å². The van der Waals surface area contributed by atoms with E-state index in [4.69, 9.17) is 22.2 Å². The predicted molar refractivity (Wildman–Crippen MR) is 46.6 cm³/mol. The normalized spacial score (nSPS) is 11.3. The Labute approximate surface area is 71.5 Å². The van der Waals surface area contributed by atoms with Gasteiger partial charge in [0.05, 0.1) is 0 Å². The van der Waals surface area contributed by atoms with Crippen molar-refractivity contribution in [2.45, 2.75) is 13.5 Å². The Morgan fingerprint density at radius 3 is 2.10 bits per heavy atom. The number of hydrogen-bond acceptors (Lipinski definition) is 1. The first-order valence-electron chi connectivity index (χ1n) is 2.92. The van der Waals surface area contributed by atoms with Crippen molar-refractivity contribution in [3.8, 4) is 0 Å². The molecule has 0 aromatic carbocycles. The summed E-state index contributed by atoms with van der Waals surface area (Å²) in [6.45, 7) is 1.15. The average molecular weight is 200 g/mol. The van der Waals surface area contributed by atoms with Crippen LogP contribution in [0, 0.1) is 0 Å². The van der Waals surface area contributed by atoms with Crippen LogP contribution in [-0.4, -0.2) is 30.7 Å². The third kappa shape index (κ3) is 5.08. The first-order valence-corrected chi connectivity index (χ1v) is 7.65. The van der Waals surface area contributed by atoms with Crippen molar-refractivity contribution in [2.75, 3.05) is 13.2 Å². The number of amides is 1. The smallest absolute Gasteiger partial charge is 0.266 e. The number of carbonyl (C=O) groups is 1. The summed E-state index contributed by atoms with van der Waals surface area (Å²) in [4.78, 5) is 12.2. The molecule has 5 heteroatoms. The Morgan fingerprint density at radius 1 is 1.60 bits per heavy atom. The van der Waals surface area contributed by atoms with E-state index < -0.39 is 6.69 Å². The van der Waals surface area contributed by atoms with Gasteiger partial charge >= 0.3 is 0 Å². The first kappa shape index (κ1) is 10.3. The predicted octanol–water partition coefficient (Wildman–Crippen LogP) is 1.55. The van der Waals surface area contributed by atoms with Crippen molar-refractivity contribution in [3.05, 3.63) is 0 Å². The van der Waals surface area contributed by atoms with E-state index in [2.05, 4.69) is 0 Å². The second-order valence-corrected chi connectivity index (χ2v) is 10.5. The van der Waals surface area contributed by atoms with Crippen LogP contribution in [0.15, 0.2) is 0 Å². The summed E-state index contributed by atoms with van der Waals surface area (Å²) in [6, 6.07) is 0. The fourth-order valence-corrected chi connectivity index (χ4v) is 2.66. The lowest BCUT2D eigenvalue weighted by atomic mass is 10.6. The fraction of sp³-hybridized carbons (Fsp3) is 0.800. The summed E-state index contributed by atoms with van der Waals surface area (Å²) < 4.78 is 0. The van der Waals surface area contributed by atoms with Gasteiger partial charge in [0, 0.05) is 20.1 Å². The van der Waals surface area contributed by atoms with E-state index in [1.165, 1.54) is 11.8 Å². The molecule has 0 saturated heterocycles. The molecule has 0 rings (SSSR count). The highest BCUT2D eigenvalue weighted by Crippen LogP contribution is 2.14. The summed E-state index contributed by atoms with van der Waals surface area (Å²) >= 11 is 11.6. The van der Waals surface area contributed by atoms with Gasteiger partial charge in [0.1, 0.15) is 0 Å². The molecule has 0 radical (unpaired) electrons. The molecule has 0 aliphatic heterocycles. The molecule has 0 aromatic rings. The van der Waals surface area contributed by atoms with Crippen molar-refractivity contribution in [1.82, 2.24) is 4.90 Å². The molecule has 0 aliphatic carbocycles. The minimum absolute atomic E-state index is 0.0000231. The Balaban J connectivity index is 3.80. The van der Waals surface area contributed by atoms with Gasteiger partial charge in [0.2, 0.25) is 5.91 Å². The zero-order valence-electron chi connectivity index (χ0n) is 6.32. The molecule has 0 fully saturated rings. The van der Waals surface area contributed by atoms with E-state index in [-0.39, 0.29) is 5.91 Å². The Bertz CT molecular complexity index is 134. The van der Waals surface area contributed by atoms with Gasteiger partial charge < -0.3 is 4.90 Å². The number of hydrogen-bond donors (Lipinski definition) is 0. The van der Waals surface area contributed by atoms with Gasteiger partial charge in [-0.3, -0.25) is 4.79 Å². The third-order valence-electron chi connectivity index (χ3n) is 1.05. The summed E-state index contributed by atoms with van der Waals surface area (Å²) in [6.07, 6.45) is 0.492. The van der Waals surface area contributed by atoms with Crippen LogP contribution in [0.25, 0.3) is 0 Å². The summed E-state index contributed by atoms with van der Waals surface area (Å²) in [5, 5.41) is 0. The summed E-state index contributed by atoms with van der Waals surface area (Å²) in [7, 11) is 1.69. The van der Waals surface area contributed by atoms with E-state index in [9.17, 15) is 4.79 Å². The van der Waals surface area contributed by atoms with Crippen molar-refractivity contribution in [2.24, 2.45) is 0 Å². The molecule has 0 N–H and O–H groups in total. The topological polar surface area (TPSA) is 20.3 Å². The zero-order valence-corrected chi connectivity index (χ0v) is 8.83. The van der Waals surface area contributed by atoms with E-state index in [1.54, 1.807) is 13.6 Å². The molecular formula is C5H11Cl2NOSi. The summed E-state index contributed by atoms with van der Waals surface area (Å²) in [5.74, 6) is 0.0000231. The molecule has 0 unspecified atom stereocenters. The Morgan fingerprint density at radius 2 is 2.00 bits per heavy atom. The maximum absolute atomic E-state index is 10.7. The van der Waals surface area contributed by atoms with Crippen molar-refractivity contribution >= 4 is 34.8 Å². The second-order valence-electron chi connectivity index (χ2n) is 2.45. The lowest BCUT2D eigenvalue weighted by molar-refractivity contribution is -0.126. The lowest BCUT2D eigenvalue weighted by Crippen LogP contribution is -2.37. The number of carbonyl (C=O) groups excluding carboxylic acids is 1. The van der Waals surface area contributed by atoms with Gasteiger partial charge in [-0.15, -0.1) is 22.2 Å². The van der Waals surface area contributed by atoms with Crippen LogP contribution in [0.1, 0.15) is 6.92 Å². The summed E-state index contributed by atoms with van der Waals surface area (Å²) in [5.41, 5.74) is 0. The molecule has 2 nitrogen and oxygen atoms in total. The van der Waals surface area contributed by atoms with Crippen molar-refractivity contribution < 1.29 is 4.79 Å². The molecule has 60 valence electrons. The largest absolute Gasteiger partial charge is 0.346 e. The van der Waals surface area contributed by atoms with Crippen LogP contribution in [0.2, 0.25) is 6.55 Å². The molecule has 10 heavy (non-hydrogen) atoms. The minimum atomic E-state index is -2.13. The van der Waals surface area contributed by atoms with Gasteiger partial charge in [-0.25, -0.2) is 0 Å². The number of halogens is 2. The van der Waals surface area contributed by atoms with Gasteiger partial charge in [-0.2, -0.15) is 0 Å². The van der Waals surface area contributed by atoms with Crippen LogP contribution in [0.4, 0.5) is 0 Å². The quantitative estimate of drug-likeness (QED) is 0.489. The zero-order chi connectivity index (χ0) is 8.36. The van der Waals surface area contributed by atoms with Crippen molar-refractivity contribution in [1.29, 1.82) is 0 Å². The standard InChI is InChI=1S/C5H11Cl2NOSi/c1-5(9)8(2)4-10(3,6)7/h4H2,1-3H3. The van der Waals surface area contributed by atoms with E-state index in [0.29, 0.717) is 6.17 Å². The van der Waals surface area contributed by atoms with E-state index >= 15 is 0 Å². The number of rotatable bonds is 2. The third-order valence-corrected chi connectivity index (χ3v) is 2.80. The number of nitrogens with zero attached hydrogens (tertiary/aromatic N) is 1. The molecule has 1 amide bonds. The molecule has 0 spiro atoms. The van der Waals surface area contributed by atoms with E-state index in [0.717, 1.165) is 0 Å². The molecule has 0 saturated carbocycles. The van der Waals surface area contributed by atoms with Crippen LogP contribution in [-0.2, 0) is 4.79 Å². The van der Waals surface area contributed by atoms with Crippen molar-refractivity contribution in [3.63, 3.8) is 0 Å². The fourth-order valence-electron chi connectivity index (χ4n) is 0.528. The SMILES string of the molecule is CC(=O)N(C)C[Si](C)(Cl)Cl. The first-order chi connectivity index (χ1) is 4.33. The monoisotopic (exact) mass is 199 g/mol. The molecule has 0 bridgehead atoms. The van der Waals surface area contributed by atoms with Gasteiger partial charge in [0.25, 0.3) is 6.69 Å². The molecule has 0 atom stereocenters. The highest BCUT2D eigenvalue weighted by Gasteiger charge is 2.23. The maximum atomic E-state index is 10.7. The molecular weight excluding hydrogens is 189 g/mol. The van der Waals surface area contributed by atoms with Crippen LogP contribution >= 0.6 is 22.2 Å². The average Bonchev–Trinajstić information content (AvgIpc) is 1.60. The van der Waals surface area contributed by atoms with Gasteiger partial charge in [0.15, 0.2) is 0 Å². The minimum Gasteiger partial charge on any atom is -0.346 e. The van der Waals surface area contributed by atoms with Gasteiger partial charge in [-0.1, -0.05) is 0 Å². The maximum Gasteiger partial charge on any atom is 0.266 e. The van der Waals surface area contributed by atoms with Gasteiger partial charge in [-0.05, 0) is 6.55 Å². The molecule has 0 aliphatic rings. The Kier molecular flexibility index (Phi) is 3.69. The van der Waals surface area contributed by atoms with Crippen LogP contribution in [0.3, 0.4) is 0 Å². The molecule has 0 heterocycles. The second kappa shape index (κ2) is 3.60. The highest BCUT2D eigenvalue weighted by atomic mass is 35.7.